The Morgan fingerprint density at radius 3 is 2.59 bits per heavy atom. The third kappa shape index (κ3) is 6.08. The molecule has 1 N–H and O–H groups in total. The third-order valence-electron chi connectivity index (χ3n) is 5.69. The number of aliphatic imine (C=N–C) groups is 1. The Labute approximate surface area is 214 Å². The number of thioether (sulfide) groups is 1. The minimum atomic E-state index is -4.79. The van der Waals surface area contributed by atoms with Crippen LogP contribution in [0.15, 0.2) is 46.3 Å². The Kier molecular flexibility index (Phi) is 7.79. The van der Waals surface area contributed by atoms with Gasteiger partial charge in [-0.3, -0.25) is 4.79 Å². The zero-order valence-electron chi connectivity index (χ0n) is 19.9. The fourth-order valence-corrected chi connectivity index (χ4v) is 4.82. The summed E-state index contributed by atoms with van der Waals surface area (Å²) < 4.78 is 56.3. The van der Waals surface area contributed by atoms with E-state index in [1.165, 1.54) is 37.1 Å². The third-order valence-corrected chi connectivity index (χ3v) is 6.73. The fourth-order valence-electron chi connectivity index (χ4n) is 3.88. The van der Waals surface area contributed by atoms with Crippen molar-refractivity contribution in [3.8, 4) is 17.2 Å². The number of aliphatic hydroxyl groups is 1. The van der Waals surface area contributed by atoms with Crippen LogP contribution >= 0.6 is 11.8 Å². The van der Waals surface area contributed by atoms with Crippen molar-refractivity contribution in [1.82, 2.24) is 4.90 Å². The molecule has 12 heteroatoms. The number of ether oxygens (including phenoxy) is 3. The molecule has 37 heavy (non-hydrogen) atoms. The van der Waals surface area contributed by atoms with Crippen LogP contribution < -0.4 is 9.47 Å². The van der Waals surface area contributed by atoms with Crippen LogP contribution in [0.5, 0.6) is 17.2 Å². The van der Waals surface area contributed by atoms with Gasteiger partial charge in [-0.25, -0.2) is 4.79 Å². The summed E-state index contributed by atoms with van der Waals surface area (Å²) in [5.74, 6) is -1.71. The van der Waals surface area contributed by atoms with Gasteiger partial charge in [-0.15, -0.1) is 0 Å². The molecule has 0 spiro atoms. The number of halogens is 3. The quantitative estimate of drug-likeness (QED) is 0.433. The van der Waals surface area contributed by atoms with Crippen LogP contribution in [-0.4, -0.2) is 60.5 Å². The standard InChI is InChI=1S/C25H23F3N2O6S/c1-34-20-10-14(11-21-22(32)29-24(37-21)30-9-3-4-16(31)13-30)5-7-19(20)36-18-8-6-15(23(33)35-2)12-17(18)25(26,27)28/h5-8,10-12,16,31H,3-4,9,13H2,1-2H3. The van der Waals surface area contributed by atoms with E-state index in [1.54, 1.807) is 12.1 Å². The topological polar surface area (TPSA) is 97.7 Å². The number of methoxy groups -OCH3 is 2. The molecule has 1 saturated heterocycles. The number of rotatable bonds is 5. The Bertz CT molecular complexity index is 1280. The van der Waals surface area contributed by atoms with Crippen molar-refractivity contribution in [3.63, 3.8) is 0 Å². The summed E-state index contributed by atoms with van der Waals surface area (Å²) in [6.07, 6.45) is -2.15. The number of nitrogens with zero attached hydrogens (tertiary/aromatic N) is 2. The molecule has 1 fully saturated rings. The molecule has 2 aromatic rings. The molecule has 1 unspecified atom stereocenters. The van der Waals surface area contributed by atoms with Gasteiger partial charge in [0.25, 0.3) is 5.91 Å². The maximum atomic E-state index is 13.7. The van der Waals surface area contributed by atoms with Crippen molar-refractivity contribution in [2.75, 3.05) is 27.3 Å². The zero-order valence-corrected chi connectivity index (χ0v) is 20.7. The SMILES string of the molecule is COC(=O)c1ccc(Oc2ccc(C=C3SC(N4CCCC(O)C4)=NC3=O)cc2OC)c(C(F)(F)F)c1. The van der Waals surface area contributed by atoms with Gasteiger partial charge >= 0.3 is 12.1 Å². The molecule has 0 saturated carbocycles. The van der Waals surface area contributed by atoms with Gasteiger partial charge in [-0.2, -0.15) is 18.2 Å². The molecule has 4 rings (SSSR count). The smallest absolute Gasteiger partial charge is 0.420 e. The van der Waals surface area contributed by atoms with Crippen molar-refractivity contribution in [2.45, 2.75) is 25.1 Å². The minimum absolute atomic E-state index is 0.00520. The van der Waals surface area contributed by atoms with E-state index in [0.29, 0.717) is 41.2 Å². The molecule has 8 nitrogen and oxygen atoms in total. The number of β-amino-alcohol motifs (C(OH)–C–C–N with tert-alkyl or cyclic N) is 1. The number of esters is 1. The first kappa shape index (κ1) is 26.6. The van der Waals surface area contributed by atoms with E-state index in [1.807, 2.05) is 4.90 Å². The highest BCUT2D eigenvalue weighted by Crippen LogP contribution is 2.41. The second kappa shape index (κ2) is 10.9. The maximum absolute atomic E-state index is 13.7. The maximum Gasteiger partial charge on any atom is 0.420 e. The molecule has 0 radical (unpaired) electrons. The second-order valence-electron chi connectivity index (χ2n) is 8.26. The summed E-state index contributed by atoms with van der Waals surface area (Å²) in [6.45, 7) is 1.11. The predicted octanol–water partition coefficient (Wildman–Crippen LogP) is 4.72. The first-order chi connectivity index (χ1) is 17.6. The van der Waals surface area contributed by atoms with Crippen molar-refractivity contribution >= 4 is 34.9 Å². The highest BCUT2D eigenvalue weighted by molar-refractivity contribution is 8.18. The van der Waals surface area contributed by atoms with Crippen LogP contribution in [0.4, 0.5) is 13.2 Å². The molecule has 0 aromatic heterocycles. The summed E-state index contributed by atoms with van der Waals surface area (Å²) in [7, 11) is 2.41. The second-order valence-corrected chi connectivity index (χ2v) is 9.27. The average Bonchev–Trinajstić information content (AvgIpc) is 3.24. The number of benzene rings is 2. The van der Waals surface area contributed by atoms with E-state index in [0.717, 1.165) is 19.6 Å². The normalized spacial score (nSPS) is 19.1. The molecule has 196 valence electrons. The first-order valence-corrected chi connectivity index (χ1v) is 12.0. The van der Waals surface area contributed by atoms with Gasteiger partial charge in [0, 0.05) is 13.1 Å². The molecule has 2 aromatic carbocycles. The van der Waals surface area contributed by atoms with Gasteiger partial charge in [0.15, 0.2) is 16.7 Å². The zero-order chi connectivity index (χ0) is 26.7. The number of hydrogen-bond donors (Lipinski definition) is 1. The lowest BCUT2D eigenvalue weighted by Crippen LogP contribution is -2.40. The van der Waals surface area contributed by atoms with Gasteiger partial charge in [0.1, 0.15) is 5.75 Å². The molecule has 2 aliphatic heterocycles. The largest absolute Gasteiger partial charge is 0.493 e. The van der Waals surface area contributed by atoms with Crippen molar-refractivity contribution in [3.05, 3.63) is 58.0 Å². The number of alkyl halides is 3. The fraction of sp³-hybridized carbons (Fsp3) is 0.320. The Morgan fingerprint density at radius 2 is 1.92 bits per heavy atom. The molecule has 1 atom stereocenters. The van der Waals surface area contributed by atoms with Gasteiger partial charge in [-0.05, 0) is 66.6 Å². The summed E-state index contributed by atoms with van der Waals surface area (Å²) in [4.78, 5) is 30.5. The van der Waals surface area contributed by atoms with Crippen molar-refractivity contribution in [1.29, 1.82) is 0 Å². The number of carbonyl (C=O) groups excluding carboxylic acids is 2. The van der Waals surface area contributed by atoms with E-state index in [-0.39, 0.29) is 17.1 Å². The number of carbonyl (C=O) groups is 2. The number of likely N-dealkylation sites (tertiary alicyclic amines) is 1. The van der Waals surface area contributed by atoms with E-state index in [4.69, 9.17) is 9.47 Å². The Morgan fingerprint density at radius 1 is 1.16 bits per heavy atom. The van der Waals surface area contributed by atoms with Crippen molar-refractivity contribution < 1.29 is 42.1 Å². The molecular formula is C25H23F3N2O6S. The van der Waals surface area contributed by atoms with Gasteiger partial charge in [0.2, 0.25) is 0 Å². The van der Waals surface area contributed by atoms with E-state index < -0.39 is 35.5 Å². The Hall–Kier alpha value is -3.51. The summed E-state index contributed by atoms with van der Waals surface area (Å²) in [6, 6.07) is 7.38. The van der Waals surface area contributed by atoms with Crippen molar-refractivity contribution in [2.24, 2.45) is 4.99 Å². The van der Waals surface area contributed by atoms with E-state index >= 15 is 0 Å². The lowest BCUT2D eigenvalue weighted by molar-refractivity contribution is -0.138. The number of hydrogen-bond acceptors (Lipinski definition) is 8. The van der Waals surface area contributed by atoms with Crippen LogP contribution in [0.2, 0.25) is 0 Å². The molecule has 0 bridgehead atoms. The van der Waals surface area contributed by atoms with Gasteiger partial charge in [0.05, 0.1) is 36.4 Å². The van der Waals surface area contributed by atoms with E-state index in [2.05, 4.69) is 9.73 Å². The lowest BCUT2D eigenvalue weighted by atomic mass is 10.1. The van der Waals surface area contributed by atoms with Gasteiger partial charge < -0.3 is 24.2 Å². The summed E-state index contributed by atoms with van der Waals surface area (Å²) in [5, 5.41) is 10.4. The molecule has 0 aliphatic carbocycles. The van der Waals surface area contributed by atoms with Crippen LogP contribution in [0.3, 0.4) is 0 Å². The molecule has 2 aliphatic rings. The van der Waals surface area contributed by atoms with Crippen LogP contribution in [0, 0.1) is 0 Å². The first-order valence-electron chi connectivity index (χ1n) is 11.2. The highest BCUT2D eigenvalue weighted by Gasteiger charge is 2.36. The number of amidine groups is 1. The lowest BCUT2D eigenvalue weighted by Gasteiger charge is -2.30. The molecule has 2 heterocycles. The number of piperidine rings is 1. The monoisotopic (exact) mass is 536 g/mol. The highest BCUT2D eigenvalue weighted by atomic mass is 32.2. The number of amides is 1. The van der Waals surface area contributed by atoms with Crippen LogP contribution in [0.1, 0.15) is 34.3 Å². The van der Waals surface area contributed by atoms with Crippen LogP contribution in [-0.2, 0) is 15.7 Å². The summed E-state index contributed by atoms with van der Waals surface area (Å²) in [5.41, 5.74) is -0.869. The van der Waals surface area contributed by atoms with Crippen LogP contribution in [0.25, 0.3) is 6.08 Å². The van der Waals surface area contributed by atoms with Gasteiger partial charge in [-0.1, -0.05) is 6.07 Å². The minimum Gasteiger partial charge on any atom is -0.493 e. The Balaban J connectivity index is 1.56. The molecule has 1 amide bonds. The predicted molar refractivity (Wildman–Crippen MR) is 131 cm³/mol. The molecular weight excluding hydrogens is 513 g/mol. The van der Waals surface area contributed by atoms with E-state index in [9.17, 15) is 27.9 Å². The average molecular weight is 537 g/mol. The number of aliphatic hydroxyl groups excluding tert-OH is 1. The summed E-state index contributed by atoms with van der Waals surface area (Å²) >= 11 is 1.19.